The molecule has 4 rings (SSSR count). The summed E-state index contributed by atoms with van der Waals surface area (Å²) < 4.78 is 15.0. The van der Waals surface area contributed by atoms with Crippen molar-refractivity contribution >= 4 is 69.7 Å². The predicted octanol–water partition coefficient (Wildman–Crippen LogP) is 6.20. The van der Waals surface area contributed by atoms with E-state index in [0.717, 1.165) is 22.2 Å². The fraction of sp³-hybridized carbons (Fsp3) is 0.194. The van der Waals surface area contributed by atoms with Gasteiger partial charge in [0.1, 0.15) is 17.2 Å². The fourth-order valence-electron chi connectivity index (χ4n) is 3.79. The monoisotopic (exact) mass is 649 g/mol. The third-order valence-corrected chi connectivity index (χ3v) is 8.52. The Morgan fingerprint density at radius 3 is 2.50 bits per heavy atom. The van der Waals surface area contributed by atoms with Crippen molar-refractivity contribution in [2.75, 3.05) is 30.6 Å². The van der Waals surface area contributed by atoms with Gasteiger partial charge in [0.2, 0.25) is 16.2 Å². The van der Waals surface area contributed by atoms with E-state index in [1.807, 2.05) is 13.0 Å². The largest absolute Gasteiger partial charge is 0.497 e. The van der Waals surface area contributed by atoms with Crippen molar-refractivity contribution in [3.05, 3.63) is 89.6 Å². The van der Waals surface area contributed by atoms with Crippen LogP contribution in [-0.4, -0.2) is 52.3 Å². The number of carbonyl (C=O) groups excluding carboxylic acids is 3. The van der Waals surface area contributed by atoms with E-state index >= 15 is 0 Å². The molecular formula is C31H31N5O5S3. The molecule has 44 heavy (non-hydrogen) atoms. The second kappa shape index (κ2) is 15.9. The number of carbonyl (C=O) groups is 3. The van der Waals surface area contributed by atoms with Crippen LogP contribution in [-0.2, 0) is 9.59 Å². The van der Waals surface area contributed by atoms with Crippen molar-refractivity contribution in [2.45, 2.75) is 29.1 Å². The summed E-state index contributed by atoms with van der Waals surface area (Å²) in [7, 11) is 3.05. The Bertz CT molecular complexity index is 1640. The van der Waals surface area contributed by atoms with E-state index in [2.05, 4.69) is 25.3 Å². The molecule has 0 aliphatic heterocycles. The van der Waals surface area contributed by atoms with Crippen LogP contribution in [0.3, 0.4) is 0 Å². The van der Waals surface area contributed by atoms with Crippen LogP contribution in [0, 0.1) is 0 Å². The summed E-state index contributed by atoms with van der Waals surface area (Å²) in [4.78, 5) is 44.4. The third-order valence-electron chi connectivity index (χ3n) is 5.95. The molecule has 0 spiro atoms. The molecular weight excluding hydrogens is 619 g/mol. The summed E-state index contributed by atoms with van der Waals surface area (Å²) >= 11 is 3.98. The van der Waals surface area contributed by atoms with Gasteiger partial charge in [-0.1, -0.05) is 43.0 Å². The lowest BCUT2D eigenvalue weighted by molar-refractivity contribution is -0.115. The molecule has 0 aliphatic rings. The molecule has 1 heterocycles. The Kier molecular flexibility index (Phi) is 11.8. The smallest absolute Gasteiger partial charge is 0.272 e. The number of rotatable bonds is 13. The highest BCUT2D eigenvalue weighted by molar-refractivity contribution is 8.00. The summed E-state index contributed by atoms with van der Waals surface area (Å²) in [6.07, 6.45) is 1.54. The molecule has 228 valence electrons. The molecule has 1 atom stereocenters. The van der Waals surface area contributed by atoms with E-state index in [-0.39, 0.29) is 11.6 Å². The second-order valence-electron chi connectivity index (χ2n) is 9.03. The predicted molar refractivity (Wildman–Crippen MR) is 177 cm³/mol. The minimum atomic E-state index is -0.544. The number of ether oxygens (including phenoxy) is 2. The highest BCUT2D eigenvalue weighted by atomic mass is 32.2. The number of amides is 3. The maximum absolute atomic E-state index is 13.6. The zero-order valence-electron chi connectivity index (χ0n) is 24.5. The van der Waals surface area contributed by atoms with Gasteiger partial charge in [0.15, 0.2) is 0 Å². The Labute approximate surface area is 268 Å². The van der Waals surface area contributed by atoms with E-state index < -0.39 is 17.1 Å². The molecule has 4 aromatic rings. The van der Waals surface area contributed by atoms with Crippen LogP contribution in [0.1, 0.15) is 29.8 Å². The van der Waals surface area contributed by atoms with Crippen molar-refractivity contribution in [3.63, 3.8) is 0 Å². The first-order valence-electron chi connectivity index (χ1n) is 13.4. The average Bonchev–Trinajstić information content (AvgIpc) is 3.48. The average molecular weight is 650 g/mol. The molecule has 1 unspecified atom stereocenters. The lowest BCUT2D eigenvalue weighted by Gasteiger charge is -2.14. The molecule has 3 aromatic carbocycles. The highest BCUT2D eigenvalue weighted by Crippen LogP contribution is 2.29. The van der Waals surface area contributed by atoms with Crippen LogP contribution in [0.25, 0.3) is 6.08 Å². The number of thioether (sulfide) groups is 2. The van der Waals surface area contributed by atoms with E-state index in [4.69, 9.17) is 9.47 Å². The van der Waals surface area contributed by atoms with Crippen LogP contribution in [0.5, 0.6) is 11.5 Å². The molecule has 13 heteroatoms. The lowest BCUT2D eigenvalue weighted by atomic mass is 10.1. The van der Waals surface area contributed by atoms with Gasteiger partial charge in [0.25, 0.3) is 11.8 Å². The summed E-state index contributed by atoms with van der Waals surface area (Å²) in [5.74, 6) is 0.685. The maximum Gasteiger partial charge on any atom is 0.272 e. The lowest BCUT2D eigenvalue weighted by Crippen LogP contribution is -2.30. The van der Waals surface area contributed by atoms with Crippen molar-refractivity contribution in [1.29, 1.82) is 0 Å². The van der Waals surface area contributed by atoms with Gasteiger partial charge in [-0.15, -0.1) is 11.8 Å². The first kappa shape index (κ1) is 32.6. The van der Waals surface area contributed by atoms with Gasteiger partial charge in [-0.2, -0.15) is 9.36 Å². The number of nitrogens with one attached hydrogen (secondary N) is 3. The number of aromatic nitrogens is 2. The summed E-state index contributed by atoms with van der Waals surface area (Å²) in [6.45, 7) is 3.80. The van der Waals surface area contributed by atoms with E-state index in [1.165, 1.54) is 36.7 Å². The molecule has 10 nitrogen and oxygen atoms in total. The second-order valence-corrected chi connectivity index (χ2v) is 12.4. The number of anilines is 2. The molecule has 1 aromatic heterocycles. The zero-order valence-corrected chi connectivity index (χ0v) is 26.9. The third kappa shape index (κ3) is 9.09. The molecule has 0 fully saturated rings. The number of hydrogen-bond donors (Lipinski definition) is 3. The number of methoxy groups -OCH3 is 2. The Hall–Kier alpha value is -4.33. The van der Waals surface area contributed by atoms with Gasteiger partial charge in [-0.25, -0.2) is 0 Å². The van der Waals surface area contributed by atoms with E-state index in [0.29, 0.717) is 38.6 Å². The SMILES string of the molecule is CCSc1nsc(NC(=O)C(C)Sc2cccc(NC(=O)/C(=C\c3ccc(OC)cc3OC)NC(=O)c3ccccc3)c2)n1. The van der Waals surface area contributed by atoms with Crippen LogP contribution >= 0.6 is 35.1 Å². The van der Waals surface area contributed by atoms with Gasteiger partial charge < -0.3 is 20.1 Å². The van der Waals surface area contributed by atoms with Crippen LogP contribution < -0.4 is 25.4 Å². The van der Waals surface area contributed by atoms with E-state index in [9.17, 15) is 14.4 Å². The van der Waals surface area contributed by atoms with Crippen molar-refractivity contribution < 1.29 is 23.9 Å². The number of nitrogens with zero attached hydrogens (tertiary/aromatic N) is 2. The maximum atomic E-state index is 13.6. The molecule has 0 aliphatic carbocycles. The Balaban J connectivity index is 1.51. The van der Waals surface area contributed by atoms with Gasteiger partial charge in [-0.05, 0) is 61.2 Å². The zero-order chi connectivity index (χ0) is 31.5. The van der Waals surface area contributed by atoms with Gasteiger partial charge in [0, 0.05) is 39.3 Å². The van der Waals surface area contributed by atoms with Crippen LogP contribution in [0.4, 0.5) is 10.8 Å². The molecule has 0 radical (unpaired) electrons. The normalized spacial score (nSPS) is 11.8. The summed E-state index contributed by atoms with van der Waals surface area (Å²) in [6, 6.07) is 20.9. The first-order valence-corrected chi connectivity index (χ1v) is 16.1. The van der Waals surface area contributed by atoms with Gasteiger partial charge >= 0.3 is 0 Å². The van der Waals surface area contributed by atoms with Gasteiger partial charge in [0.05, 0.1) is 19.5 Å². The van der Waals surface area contributed by atoms with Crippen molar-refractivity contribution in [3.8, 4) is 11.5 Å². The summed E-state index contributed by atoms with van der Waals surface area (Å²) in [5, 5.41) is 9.03. The molecule has 3 amide bonds. The topological polar surface area (TPSA) is 132 Å². The molecule has 0 bridgehead atoms. The standard InChI is InChI=1S/C31H31N5O5S3/c1-5-42-31-35-30(44-36-31)34-27(37)19(2)43-24-13-9-12-22(17-24)32-29(39)25(33-28(38)20-10-7-6-8-11-20)16-21-14-15-23(40-3)18-26(21)41-4/h6-19H,5H2,1-4H3,(H,32,39)(H,33,38)(H,34,35,36,37)/b25-16+. The highest BCUT2D eigenvalue weighted by Gasteiger charge is 2.19. The van der Waals surface area contributed by atoms with Crippen LogP contribution in [0.2, 0.25) is 0 Å². The van der Waals surface area contributed by atoms with E-state index in [1.54, 1.807) is 80.8 Å². The van der Waals surface area contributed by atoms with Crippen molar-refractivity contribution in [1.82, 2.24) is 14.7 Å². The minimum absolute atomic E-state index is 0.00536. The first-order chi connectivity index (χ1) is 21.3. The molecule has 0 saturated carbocycles. The van der Waals surface area contributed by atoms with Crippen molar-refractivity contribution in [2.24, 2.45) is 0 Å². The quantitative estimate of drug-likeness (QED) is 0.115. The molecule has 3 N–H and O–H groups in total. The Morgan fingerprint density at radius 1 is 0.977 bits per heavy atom. The summed E-state index contributed by atoms with van der Waals surface area (Å²) in [5.41, 5.74) is 1.45. The van der Waals surface area contributed by atoms with Crippen LogP contribution in [0.15, 0.2) is 88.5 Å². The number of hydrogen-bond acceptors (Lipinski definition) is 10. The minimum Gasteiger partial charge on any atom is -0.497 e. The number of benzene rings is 3. The Morgan fingerprint density at radius 2 is 1.77 bits per heavy atom. The molecule has 0 saturated heterocycles. The van der Waals surface area contributed by atoms with Gasteiger partial charge in [-0.3, -0.25) is 19.7 Å². The fourth-order valence-corrected chi connectivity index (χ4v) is 5.99.